The van der Waals surface area contributed by atoms with Crippen molar-refractivity contribution in [2.24, 2.45) is 17.3 Å². The van der Waals surface area contributed by atoms with Crippen LogP contribution < -0.4 is 0 Å². The molecular formula is C45H85NO6SSi3. The van der Waals surface area contributed by atoms with Crippen LogP contribution in [0.1, 0.15) is 147 Å². The van der Waals surface area contributed by atoms with Crippen LogP contribution in [0.5, 0.6) is 0 Å². The molecule has 0 aliphatic heterocycles. The topological polar surface area (TPSA) is 95.0 Å². The highest BCUT2D eigenvalue weighted by atomic mass is 32.1. The molecule has 0 fully saturated rings. The first-order valence-corrected chi connectivity index (χ1v) is 30.6. The molecule has 11 heteroatoms. The molecule has 0 spiro atoms. The summed E-state index contributed by atoms with van der Waals surface area (Å²) >= 11 is 1.67. The van der Waals surface area contributed by atoms with Crippen LogP contribution in [0.4, 0.5) is 0 Å². The Bertz CT molecular complexity index is 1510. The molecule has 1 N–H and O–H groups in total. The molecule has 1 aromatic heterocycles. The Balaban J connectivity index is 3.37. The molecule has 0 aromatic carbocycles. The number of unbranched alkanes of at least 4 members (excludes halogenated alkanes) is 1. The second-order valence-corrected chi connectivity index (χ2v) is 37.2. The molecule has 0 saturated heterocycles. The van der Waals surface area contributed by atoms with Gasteiger partial charge in [0.2, 0.25) is 0 Å². The zero-order valence-corrected chi connectivity index (χ0v) is 43.8. The average molecular weight is 853 g/mol. The fourth-order valence-corrected chi connectivity index (χ4v) is 11.0. The average Bonchev–Trinajstić information content (AvgIpc) is 3.42. The van der Waals surface area contributed by atoms with E-state index in [2.05, 4.69) is 145 Å². The molecule has 0 unspecified atom stereocenters. The van der Waals surface area contributed by atoms with Gasteiger partial charge in [0.05, 0.1) is 35.4 Å². The molecule has 1 rings (SSSR count). The van der Waals surface area contributed by atoms with Gasteiger partial charge in [-0.2, -0.15) is 0 Å². The maximum absolute atomic E-state index is 14.7. The number of aliphatic carboxylic acids is 1. The van der Waals surface area contributed by atoms with E-state index in [-0.39, 0.29) is 45.4 Å². The van der Waals surface area contributed by atoms with E-state index in [4.69, 9.17) is 13.3 Å². The predicted molar refractivity (Wildman–Crippen MR) is 248 cm³/mol. The minimum Gasteiger partial charge on any atom is -0.481 e. The lowest BCUT2D eigenvalue weighted by molar-refractivity contribution is -0.146. The summed E-state index contributed by atoms with van der Waals surface area (Å²) in [6, 6.07) is 0. The molecule has 0 amide bonds. The number of aromatic nitrogens is 1. The van der Waals surface area contributed by atoms with E-state index in [1.807, 2.05) is 27.7 Å². The van der Waals surface area contributed by atoms with Crippen molar-refractivity contribution in [3.8, 4) is 0 Å². The molecule has 0 bridgehead atoms. The minimum absolute atomic E-state index is 0.0118. The Hall–Kier alpha value is -1.22. The van der Waals surface area contributed by atoms with Crippen molar-refractivity contribution < 1.29 is 28.0 Å². The predicted octanol–water partition coefficient (Wildman–Crippen LogP) is 13.9. The first-order valence-electron chi connectivity index (χ1n) is 21.0. The van der Waals surface area contributed by atoms with Crippen LogP contribution in [0.25, 0.3) is 6.08 Å². The molecular weight excluding hydrogens is 767 g/mol. The summed E-state index contributed by atoms with van der Waals surface area (Å²) < 4.78 is 21.0. The third kappa shape index (κ3) is 15.1. The first-order chi connectivity index (χ1) is 25.0. The van der Waals surface area contributed by atoms with Crippen LogP contribution in [0.3, 0.4) is 0 Å². The Kier molecular flexibility index (Phi) is 18.8. The fraction of sp³-hybridized carbons (Fsp3) is 0.800. The molecule has 0 aliphatic rings. The van der Waals surface area contributed by atoms with Crippen molar-refractivity contribution in [2.75, 3.05) is 0 Å². The molecule has 0 saturated carbocycles. The van der Waals surface area contributed by atoms with Gasteiger partial charge in [0, 0.05) is 16.7 Å². The number of carbonyl (C=O) groups excluding carboxylic acids is 1. The third-order valence-corrected chi connectivity index (χ3v) is 27.6. The number of rotatable bonds is 21. The van der Waals surface area contributed by atoms with Crippen LogP contribution in [0.2, 0.25) is 54.4 Å². The lowest BCUT2D eigenvalue weighted by Crippen LogP contribution is -2.54. The quantitative estimate of drug-likeness (QED) is 0.0747. The van der Waals surface area contributed by atoms with E-state index in [1.165, 1.54) is 11.1 Å². The SMILES string of the molecule is C/C(=C/CCC[C@H](C)[C@H](O[Si](C)(C)C(C)(C)C)[C@@H](C)C(=O)C(C)(C)[C@H](CC(=O)O)O[Si](C)(C)C(C)(C)C)C[C@H](O[Si](C)(C)C(C)(C)C)/C(C)=C/c1csc(C)n1. The summed E-state index contributed by atoms with van der Waals surface area (Å²) in [4.78, 5) is 31.6. The van der Waals surface area contributed by atoms with Gasteiger partial charge in [0.15, 0.2) is 25.0 Å². The molecule has 0 aliphatic carbocycles. The van der Waals surface area contributed by atoms with Gasteiger partial charge in [-0.1, -0.05) is 102 Å². The van der Waals surface area contributed by atoms with Gasteiger partial charge in [0.1, 0.15) is 5.78 Å². The third-order valence-electron chi connectivity index (χ3n) is 13.4. The monoisotopic (exact) mass is 852 g/mol. The van der Waals surface area contributed by atoms with Crippen molar-refractivity contribution in [1.29, 1.82) is 0 Å². The van der Waals surface area contributed by atoms with Crippen molar-refractivity contribution in [1.82, 2.24) is 4.98 Å². The van der Waals surface area contributed by atoms with Crippen molar-refractivity contribution in [3.63, 3.8) is 0 Å². The number of hydrogen-bond acceptors (Lipinski definition) is 7. The lowest BCUT2D eigenvalue weighted by Gasteiger charge is -2.46. The smallest absolute Gasteiger partial charge is 0.305 e. The van der Waals surface area contributed by atoms with Crippen molar-refractivity contribution >= 4 is 54.1 Å². The van der Waals surface area contributed by atoms with Crippen molar-refractivity contribution in [3.05, 3.63) is 33.3 Å². The molecule has 5 atom stereocenters. The fourth-order valence-electron chi connectivity index (χ4n) is 6.19. The molecule has 1 heterocycles. The lowest BCUT2D eigenvalue weighted by atomic mass is 9.73. The first kappa shape index (κ1) is 52.8. The van der Waals surface area contributed by atoms with E-state index in [9.17, 15) is 14.7 Å². The summed E-state index contributed by atoms with van der Waals surface area (Å²) in [6.45, 7) is 47.8. The number of hydrogen-bond donors (Lipinski definition) is 1. The van der Waals surface area contributed by atoms with Crippen LogP contribution >= 0.6 is 11.3 Å². The van der Waals surface area contributed by atoms with E-state index < -0.39 is 48.4 Å². The van der Waals surface area contributed by atoms with Gasteiger partial charge in [-0.05, 0) is 118 Å². The zero-order chi connectivity index (χ0) is 44.0. The van der Waals surface area contributed by atoms with Crippen LogP contribution in [0, 0.1) is 24.2 Å². The molecule has 324 valence electrons. The second-order valence-electron chi connectivity index (χ2n) is 21.9. The van der Waals surface area contributed by atoms with Gasteiger partial charge in [0.25, 0.3) is 0 Å². The summed E-state index contributed by atoms with van der Waals surface area (Å²) in [5.74, 6) is -1.26. The normalized spacial score (nSPS) is 17.4. The summed E-state index contributed by atoms with van der Waals surface area (Å²) in [6.07, 6.45) is 6.93. The van der Waals surface area contributed by atoms with E-state index in [0.717, 1.165) is 36.4 Å². The number of ketones is 1. The van der Waals surface area contributed by atoms with Crippen LogP contribution in [-0.2, 0) is 22.9 Å². The van der Waals surface area contributed by atoms with Gasteiger partial charge < -0.3 is 18.4 Å². The number of carbonyl (C=O) groups is 2. The van der Waals surface area contributed by atoms with Crippen LogP contribution in [-0.4, -0.2) is 65.1 Å². The number of nitrogens with zero attached hydrogens (tertiary/aromatic N) is 1. The van der Waals surface area contributed by atoms with Gasteiger partial charge in [-0.3, -0.25) is 9.59 Å². The van der Waals surface area contributed by atoms with Gasteiger partial charge in [-0.15, -0.1) is 11.3 Å². The number of Topliss-reactive ketones (excluding diaryl/α,β-unsaturated/α-hetero) is 1. The van der Waals surface area contributed by atoms with Crippen molar-refractivity contribution in [2.45, 2.75) is 216 Å². The number of aryl methyl sites for hydroxylation is 1. The molecule has 0 radical (unpaired) electrons. The highest BCUT2D eigenvalue weighted by Gasteiger charge is 2.50. The number of thiazole rings is 1. The number of allylic oxidation sites excluding steroid dienone is 1. The summed E-state index contributed by atoms with van der Waals surface area (Å²) in [5.41, 5.74) is 2.49. The maximum atomic E-state index is 14.7. The Morgan fingerprint density at radius 1 is 0.804 bits per heavy atom. The van der Waals surface area contributed by atoms with E-state index in [0.29, 0.717) is 0 Å². The largest absolute Gasteiger partial charge is 0.481 e. The van der Waals surface area contributed by atoms with E-state index >= 15 is 0 Å². The Labute approximate surface area is 351 Å². The minimum atomic E-state index is -2.38. The Morgan fingerprint density at radius 3 is 1.73 bits per heavy atom. The second kappa shape index (κ2) is 19.9. The van der Waals surface area contributed by atoms with Crippen LogP contribution in [0.15, 0.2) is 22.6 Å². The highest BCUT2D eigenvalue weighted by Crippen LogP contribution is 2.44. The summed E-state index contributed by atoms with van der Waals surface area (Å²) in [7, 11) is -6.69. The number of carboxylic acid groups (broad SMARTS) is 1. The van der Waals surface area contributed by atoms with Gasteiger partial charge >= 0.3 is 5.97 Å². The molecule has 56 heavy (non-hydrogen) atoms. The molecule has 1 aromatic rings. The highest BCUT2D eigenvalue weighted by molar-refractivity contribution is 7.09. The zero-order valence-electron chi connectivity index (χ0n) is 40.0. The van der Waals surface area contributed by atoms with E-state index in [1.54, 1.807) is 11.3 Å². The number of carboxylic acids is 1. The summed E-state index contributed by atoms with van der Waals surface area (Å²) in [5, 5.41) is 13.1. The maximum Gasteiger partial charge on any atom is 0.305 e. The standard InChI is InChI=1S/C45H85NO6SSi3/c1-31(27-37(50-54(17,18)42(6,7)8)33(3)28-36-30-53-35(5)46-36)25-23-24-26-32(2)40(52-56(21,22)44(12,13)14)34(4)41(49)45(15,16)38(29-39(47)48)51-55(19,20)43(9,10)11/h25,28,30,32,34,37-38,40H,23-24,26-27,29H2,1-22H3,(H,47,48)/b31-25-,33-28+/t32-,34+,37-,38-,40-/m0/s1. The molecule has 7 nitrogen and oxygen atoms in total. The Morgan fingerprint density at radius 2 is 1.29 bits per heavy atom. The van der Waals surface area contributed by atoms with Gasteiger partial charge in [-0.25, -0.2) is 4.98 Å².